The Hall–Kier alpha value is -1.68. The summed E-state index contributed by atoms with van der Waals surface area (Å²) in [6.45, 7) is 2.94. The molecule has 1 aromatic carbocycles. The van der Waals surface area contributed by atoms with Gasteiger partial charge in [-0.05, 0) is 42.1 Å². The van der Waals surface area contributed by atoms with Gasteiger partial charge in [0.1, 0.15) is 0 Å². The number of rotatable bonds is 3. The molecule has 0 amide bonds. The van der Waals surface area contributed by atoms with Crippen molar-refractivity contribution in [3.8, 4) is 0 Å². The first-order chi connectivity index (χ1) is 7.66. The number of nitrogen functional groups attached to an aromatic ring is 2. The maximum atomic E-state index is 5.74. The van der Waals surface area contributed by atoms with E-state index in [-0.39, 0.29) is 0 Å². The number of benzene rings is 1. The highest BCUT2D eigenvalue weighted by Crippen LogP contribution is 2.22. The lowest BCUT2D eigenvalue weighted by Gasteiger charge is -2.08. The number of nitrogens with two attached hydrogens (primary N) is 2. The molecule has 0 spiro atoms. The van der Waals surface area contributed by atoms with E-state index in [1.807, 2.05) is 18.2 Å². The van der Waals surface area contributed by atoms with Gasteiger partial charge in [-0.1, -0.05) is 0 Å². The van der Waals surface area contributed by atoms with Gasteiger partial charge < -0.3 is 16.8 Å². The lowest BCUT2D eigenvalue weighted by Crippen LogP contribution is -2.01. The molecule has 3 nitrogen and oxygen atoms in total. The highest BCUT2D eigenvalue weighted by Gasteiger charge is 2.00. The molecule has 0 bridgehead atoms. The van der Waals surface area contributed by atoms with Gasteiger partial charge in [-0.3, -0.25) is 0 Å². The third-order valence-electron chi connectivity index (χ3n) is 2.51. The summed E-state index contributed by atoms with van der Waals surface area (Å²) in [4.78, 5) is 1.34. The Morgan fingerprint density at radius 1 is 1.19 bits per heavy atom. The minimum absolute atomic E-state index is 0.618. The number of nitrogens with one attached hydrogen (secondary N) is 1. The van der Waals surface area contributed by atoms with Gasteiger partial charge in [-0.2, -0.15) is 0 Å². The van der Waals surface area contributed by atoms with Crippen molar-refractivity contribution >= 4 is 28.4 Å². The van der Waals surface area contributed by atoms with Crippen LogP contribution in [0.5, 0.6) is 0 Å². The lowest BCUT2D eigenvalue weighted by molar-refractivity contribution is 1.17. The summed E-state index contributed by atoms with van der Waals surface area (Å²) in [5.41, 5.74) is 15.0. The molecule has 0 aliphatic rings. The van der Waals surface area contributed by atoms with Crippen LogP contribution in [0.3, 0.4) is 0 Å². The molecular weight excluding hydrogens is 218 g/mol. The topological polar surface area (TPSA) is 64.1 Å². The van der Waals surface area contributed by atoms with Crippen molar-refractivity contribution in [2.45, 2.75) is 13.5 Å². The van der Waals surface area contributed by atoms with Crippen LogP contribution in [0.15, 0.2) is 29.6 Å². The van der Waals surface area contributed by atoms with Crippen LogP contribution in [0.1, 0.15) is 10.4 Å². The van der Waals surface area contributed by atoms with E-state index in [4.69, 9.17) is 11.5 Å². The lowest BCUT2D eigenvalue weighted by atomic mass is 10.2. The number of thiophene rings is 1. The fraction of sp³-hybridized carbons (Fsp3) is 0.167. The van der Waals surface area contributed by atoms with Crippen molar-refractivity contribution in [3.05, 3.63) is 40.1 Å². The predicted molar refractivity (Wildman–Crippen MR) is 71.6 cm³/mol. The molecule has 0 aliphatic carbocycles. The molecule has 84 valence electrons. The van der Waals surface area contributed by atoms with Crippen LogP contribution in [0.4, 0.5) is 17.1 Å². The Morgan fingerprint density at radius 2 is 2.00 bits per heavy atom. The second-order valence-electron chi connectivity index (χ2n) is 3.72. The van der Waals surface area contributed by atoms with Crippen LogP contribution in [0.2, 0.25) is 0 Å². The molecule has 0 atom stereocenters. The van der Waals surface area contributed by atoms with Crippen molar-refractivity contribution in [2.24, 2.45) is 0 Å². The molecule has 0 unspecified atom stereocenters. The van der Waals surface area contributed by atoms with Gasteiger partial charge in [-0.15, -0.1) is 11.3 Å². The smallest absolute Gasteiger partial charge is 0.0568 e. The Kier molecular flexibility index (Phi) is 3.01. The average Bonchev–Trinajstić information content (AvgIpc) is 2.66. The molecule has 1 aromatic heterocycles. The molecule has 2 aromatic rings. The Morgan fingerprint density at radius 3 is 2.62 bits per heavy atom. The van der Waals surface area contributed by atoms with E-state index < -0.39 is 0 Å². The second-order valence-corrected chi connectivity index (χ2v) is 4.72. The minimum Gasteiger partial charge on any atom is -0.397 e. The Bertz CT molecular complexity index is 491. The second kappa shape index (κ2) is 4.45. The molecule has 0 fully saturated rings. The highest BCUT2D eigenvalue weighted by atomic mass is 32.1. The summed E-state index contributed by atoms with van der Waals surface area (Å²) in [5.74, 6) is 0. The van der Waals surface area contributed by atoms with Crippen LogP contribution in [-0.2, 0) is 6.54 Å². The molecular formula is C12H15N3S. The summed E-state index contributed by atoms with van der Waals surface area (Å²) >= 11 is 1.76. The van der Waals surface area contributed by atoms with Gasteiger partial charge in [0.15, 0.2) is 0 Å². The van der Waals surface area contributed by atoms with E-state index >= 15 is 0 Å². The first-order valence-corrected chi connectivity index (χ1v) is 5.96. The van der Waals surface area contributed by atoms with E-state index in [9.17, 15) is 0 Å². The first-order valence-electron chi connectivity index (χ1n) is 5.08. The summed E-state index contributed by atoms with van der Waals surface area (Å²) in [6.07, 6.45) is 0. The molecule has 1 heterocycles. The molecule has 0 saturated heterocycles. The van der Waals surface area contributed by atoms with Crippen LogP contribution in [-0.4, -0.2) is 0 Å². The molecule has 4 heteroatoms. The monoisotopic (exact) mass is 233 g/mol. The number of hydrogen-bond donors (Lipinski definition) is 3. The van der Waals surface area contributed by atoms with E-state index in [1.54, 1.807) is 11.3 Å². The summed E-state index contributed by atoms with van der Waals surface area (Å²) in [5, 5.41) is 5.43. The SMILES string of the molecule is Cc1ccsc1CNc1ccc(N)c(N)c1. The number of anilines is 3. The normalized spacial score (nSPS) is 10.3. The highest BCUT2D eigenvalue weighted by molar-refractivity contribution is 7.10. The van der Waals surface area contributed by atoms with E-state index in [2.05, 4.69) is 23.7 Å². The van der Waals surface area contributed by atoms with Gasteiger partial charge >= 0.3 is 0 Å². The van der Waals surface area contributed by atoms with Gasteiger partial charge in [0.2, 0.25) is 0 Å². The zero-order valence-corrected chi connectivity index (χ0v) is 9.97. The fourth-order valence-electron chi connectivity index (χ4n) is 1.45. The number of aryl methyl sites for hydroxylation is 1. The zero-order valence-electron chi connectivity index (χ0n) is 9.16. The van der Waals surface area contributed by atoms with Gasteiger partial charge in [0.05, 0.1) is 11.4 Å². The molecule has 5 N–H and O–H groups in total. The van der Waals surface area contributed by atoms with Crippen molar-refractivity contribution in [1.82, 2.24) is 0 Å². The van der Waals surface area contributed by atoms with Crippen molar-refractivity contribution in [3.63, 3.8) is 0 Å². The molecule has 2 rings (SSSR count). The molecule has 0 aliphatic heterocycles. The van der Waals surface area contributed by atoms with Crippen LogP contribution in [0, 0.1) is 6.92 Å². The van der Waals surface area contributed by atoms with Crippen molar-refractivity contribution in [2.75, 3.05) is 16.8 Å². The first kappa shape index (κ1) is 10.8. The maximum Gasteiger partial charge on any atom is 0.0568 e. The van der Waals surface area contributed by atoms with Gasteiger partial charge in [0.25, 0.3) is 0 Å². The van der Waals surface area contributed by atoms with Crippen LogP contribution in [0.25, 0.3) is 0 Å². The van der Waals surface area contributed by atoms with E-state index in [0.717, 1.165) is 12.2 Å². The minimum atomic E-state index is 0.618. The molecule has 0 saturated carbocycles. The molecule has 0 radical (unpaired) electrons. The summed E-state index contributed by atoms with van der Waals surface area (Å²) in [7, 11) is 0. The predicted octanol–water partition coefficient (Wildman–Crippen LogP) is 2.83. The largest absolute Gasteiger partial charge is 0.397 e. The van der Waals surface area contributed by atoms with Gasteiger partial charge in [0, 0.05) is 17.1 Å². The maximum absolute atomic E-state index is 5.74. The van der Waals surface area contributed by atoms with E-state index in [0.29, 0.717) is 11.4 Å². The fourth-order valence-corrected chi connectivity index (χ4v) is 2.30. The summed E-state index contributed by atoms with van der Waals surface area (Å²) in [6, 6.07) is 7.74. The Balaban J connectivity index is 2.05. The third-order valence-corrected chi connectivity index (χ3v) is 3.53. The quantitative estimate of drug-likeness (QED) is 0.714. The average molecular weight is 233 g/mol. The zero-order chi connectivity index (χ0) is 11.5. The van der Waals surface area contributed by atoms with Crippen molar-refractivity contribution < 1.29 is 0 Å². The van der Waals surface area contributed by atoms with Gasteiger partial charge in [-0.25, -0.2) is 0 Å². The Labute approximate surface area is 99.1 Å². The molecule has 16 heavy (non-hydrogen) atoms. The number of hydrogen-bond acceptors (Lipinski definition) is 4. The van der Waals surface area contributed by atoms with Crippen LogP contribution < -0.4 is 16.8 Å². The van der Waals surface area contributed by atoms with Crippen molar-refractivity contribution in [1.29, 1.82) is 0 Å². The standard InChI is InChI=1S/C12H15N3S/c1-8-4-5-16-12(8)7-15-9-2-3-10(13)11(14)6-9/h2-6,15H,7,13-14H2,1H3. The van der Waals surface area contributed by atoms with Crippen LogP contribution >= 0.6 is 11.3 Å². The van der Waals surface area contributed by atoms with E-state index in [1.165, 1.54) is 10.4 Å². The summed E-state index contributed by atoms with van der Waals surface area (Å²) < 4.78 is 0. The third kappa shape index (κ3) is 2.28.